The molecule has 0 saturated carbocycles. The van der Waals surface area contributed by atoms with Crippen LogP contribution in [0.2, 0.25) is 5.02 Å². The molecule has 0 bridgehead atoms. The second-order valence-corrected chi connectivity index (χ2v) is 7.11. The average Bonchev–Trinajstić information content (AvgIpc) is 3.20. The van der Waals surface area contributed by atoms with Crippen LogP contribution in [0.15, 0.2) is 59.7 Å². The van der Waals surface area contributed by atoms with Crippen LogP contribution >= 0.6 is 11.6 Å². The Morgan fingerprint density at radius 1 is 1.10 bits per heavy atom. The molecule has 2 aromatic heterocycles. The predicted molar refractivity (Wildman–Crippen MR) is 118 cm³/mol. The van der Waals surface area contributed by atoms with Crippen molar-refractivity contribution in [2.45, 2.75) is 5.92 Å². The minimum Gasteiger partial charge on any atom is -0.493 e. The standard InChI is InChI=1S/C22H21ClN4O3/c1-29-19-9-5-7-14(21(19)30-2)16(11-25-18-12-26-27-22(28)20(18)23)15-10-24-17-8-4-3-6-13(15)17/h3-10,12,16,24H,11H2,1-2H3,(H2,25,27,28). The average molecular weight is 425 g/mol. The molecule has 2 aromatic carbocycles. The third-order valence-electron chi connectivity index (χ3n) is 5.10. The number of ether oxygens (including phenoxy) is 2. The van der Waals surface area contributed by atoms with E-state index in [0.717, 1.165) is 22.0 Å². The van der Waals surface area contributed by atoms with Gasteiger partial charge in [0, 0.05) is 35.1 Å². The molecule has 0 amide bonds. The second kappa shape index (κ2) is 8.51. The van der Waals surface area contributed by atoms with E-state index in [0.29, 0.717) is 23.7 Å². The lowest BCUT2D eigenvalue weighted by Crippen LogP contribution is -2.18. The Labute approximate surface area is 178 Å². The number of para-hydroxylation sites is 2. The maximum absolute atomic E-state index is 11.8. The first-order chi connectivity index (χ1) is 14.6. The first-order valence-corrected chi connectivity index (χ1v) is 9.75. The van der Waals surface area contributed by atoms with Crippen LogP contribution < -0.4 is 20.3 Å². The third kappa shape index (κ3) is 3.59. The third-order valence-corrected chi connectivity index (χ3v) is 5.47. The van der Waals surface area contributed by atoms with Crippen LogP contribution in [0.1, 0.15) is 17.0 Å². The molecular weight excluding hydrogens is 404 g/mol. The van der Waals surface area contributed by atoms with E-state index in [1.165, 1.54) is 6.20 Å². The summed E-state index contributed by atoms with van der Waals surface area (Å²) in [6.45, 7) is 0.455. The normalized spacial score (nSPS) is 12.0. The molecule has 0 spiro atoms. The number of nitrogens with one attached hydrogen (secondary N) is 3. The number of rotatable bonds is 7. The molecule has 7 nitrogen and oxygen atoms in total. The van der Waals surface area contributed by atoms with Crippen molar-refractivity contribution in [1.82, 2.24) is 15.2 Å². The highest BCUT2D eigenvalue weighted by atomic mass is 35.5. The molecule has 154 valence electrons. The van der Waals surface area contributed by atoms with Crippen molar-refractivity contribution in [2.24, 2.45) is 0 Å². The van der Waals surface area contributed by atoms with Gasteiger partial charge >= 0.3 is 0 Å². The van der Waals surface area contributed by atoms with E-state index in [4.69, 9.17) is 21.1 Å². The highest BCUT2D eigenvalue weighted by Crippen LogP contribution is 2.40. The molecular formula is C22H21ClN4O3. The van der Waals surface area contributed by atoms with E-state index >= 15 is 0 Å². The van der Waals surface area contributed by atoms with Crippen LogP contribution in [0.5, 0.6) is 11.5 Å². The quantitative estimate of drug-likeness (QED) is 0.414. The lowest BCUT2D eigenvalue weighted by atomic mass is 9.89. The SMILES string of the molecule is COc1cccc(C(CNc2cn[nH]c(=O)c2Cl)c2c[nH]c3ccccc23)c1OC. The zero-order valence-electron chi connectivity index (χ0n) is 16.5. The van der Waals surface area contributed by atoms with Crippen molar-refractivity contribution >= 4 is 28.2 Å². The van der Waals surface area contributed by atoms with Crippen LogP contribution in [0, 0.1) is 0 Å². The molecule has 4 rings (SSSR count). The fourth-order valence-corrected chi connectivity index (χ4v) is 3.83. The maximum atomic E-state index is 11.8. The lowest BCUT2D eigenvalue weighted by Gasteiger charge is -2.22. The van der Waals surface area contributed by atoms with Gasteiger partial charge in [-0.15, -0.1) is 0 Å². The Bertz CT molecular complexity index is 1230. The zero-order chi connectivity index (χ0) is 21.1. The number of halogens is 1. The van der Waals surface area contributed by atoms with E-state index in [1.807, 2.05) is 42.6 Å². The first-order valence-electron chi connectivity index (χ1n) is 9.38. The second-order valence-electron chi connectivity index (χ2n) is 6.73. The summed E-state index contributed by atoms with van der Waals surface area (Å²) in [5.41, 5.74) is 3.09. The summed E-state index contributed by atoms with van der Waals surface area (Å²) in [5.74, 6) is 1.18. The summed E-state index contributed by atoms with van der Waals surface area (Å²) >= 11 is 6.15. The number of methoxy groups -OCH3 is 2. The summed E-state index contributed by atoms with van der Waals surface area (Å²) in [6.07, 6.45) is 3.49. The monoisotopic (exact) mass is 424 g/mol. The van der Waals surface area contributed by atoms with Crippen molar-refractivity contribution in [3.8, 4) is 11.5 Å². The molecule has 0 aliphatic heterocycles. The predicted octanol–water partition coefficient (Wildman–Crippen LogP) is 4.17. The molecule has 2 heterocycles. The van der Waals surface area contributed by atoms with Gasteiger partial charge in [0.2, 0.25) is 0 Å². The van der Waals surface area contributed by atoms with Gasteiger partial charge in [-0.25, -0.2) is 5.10 Å². The molecule has 1 unspecified atom stereocenters. The fourth-order valence-electron chi connectivity index (χ4n) is 3.67. The minimum absolute atomic E-state index is 0.0697. The summed E-state index contributed by atoms with van der Waals surface area (Å²) in [4.78, 5) is 15.1. The van der Waals surface area contributed by atoms with Crippen LogP contribution in [-0.4, -0.2) is 35.9 Å². The van der Waals surface area contributed by atoms with Gasteiger partial charge in [0.15, 0.2) is 11.5 Å². The van der Waals surface area contributed by atoms with E-state index in [2.05, 4.69) is 26.6 Å². The highest BCUT2D eigenvalue weighted by Gasteiger charge is 2.24. The Hall–Kier alpha value is -3.45. The number of hydrogen-bond acceptors (Lipinski definition) is 5. The fraction of sp³-hybridized carbons (Fsp3) is 0.182. The van der Waals surface area contributed by atoms with E-state index in [-0.39, 0.29) is 10.9 Å². The largest absolute Gasteiger partial charge is 0.493 e. The van der Waals surface area contributed by atoms with Gasteiger partial charge in [-0.2, -0.15) is 5.10 Å². The molecule has 3 N–H and O–H groups in total. The van der Waals surface area contributed by atoms with E-state index in [9.17, 15) is 4.79 Å². The number of hydrogen-bond donors (Lipinski definition) is 3. The molecule has 0 fully saturated rings. The Kier molecular flexibility index (Phi) is 5.63. The van der Waals surface area contributed by atoms with Gasteiger partial charge in [-0.05, 0) is 17.7 Å². The maximum Gasteiger partial charge on any atom is 0.285 e. The number of fused-ring (bicyclic) bond motifs is 1. The number of nitrogens with zero attached hydrogens (tertiary/aromatic N) is 1. The van der Waals surface area contributed by atoms with Crippen molar-refractivity contribution in [3.63, 3.8) is 0 Å². The minimum atomic E-state index is -0.440. The number of anilines is 1. The Morgan fingerprint density at radius 3 is 2.73 bits per heavy atom. The smallest absolute Gasteiger partial charge is 0.285 e. The molecule has 8 heteroatoms. The lowest BCUT2D eigenvalue weighted by molar-refractivity contribution is 0.350. The van der Waals surface area contributed by atoms with Gasteiger partial charge < -0.3 is 19.8 Å². The van der Waals surface area contributed by atoms with E-state index in [1.54, 1.807) is 14.2 Å². The molecule has 0 aliphatic rings. The van der Waals surface area contributed by atoms with Crippen molar-refractivity contribution < 1.29 is 9.47 Å². The molecule has 0 radical (unpaired) electrons. The number of aromatic amines is 2. The van der Waals surface area contributed by atoms with Crippen molar-refractivity contribution in [1.29, 1.82) is 0 Å². The first kappa shape index (κ1) is 19.8. The molecule has 4 aromatic rings. The van der Waals surface area contributed by atoms with E-state index < -0.39 is 5.56 Å². The summed E-state index contributed by atoms with van der Waals surface area (Å²) in [5, 5.41) is 10.6. The van der Waals surface area contributed by atoms with Crippen LogP contribution in [0.4, 0.5) is 5.69 Å². The van der Waals surface area contributed by atoms with Gasteiger partial charge in [0.1, 0.15) is 5.02 Å². The molecule has 0 saturated heterocycles. The van der Waals surface area contributed by atoms with Crippen LogP contribution in [0.25, 0.3) is 10.9 Å². The van der Waals surface area contributed by atoms with Gasteiger partial charge in [0.05, 0.1) is 26.1 Å². The van der Waals surface area contributed by atoms with Crippen molar-refractivity contribution in [3.05, 3.63) is 81.4 Å². The highest BCUT2D eigenvalue weighted by molar-refractivity contribution is 6.32. The van der Waals surface area contributed by atoms with Gasteiger partial charge in [-0.1, -0.05) is 41.9 Å². The van der Waals surface area contributed by atoms with Gasteiger partial charge in [0.25, 0.3) is 5.56 Å². The topological polar surface area (TPSA) is 92.0 Å². The number of aromatic nitrogens is 3. The number of H-pyrrole nitrogens is 2. The van der Waals surface area contributed by atoms with Crippen molar-refractivity contribution in [2.75, 3.05) is 26.1 Å². The van der Waals surface area contributed by atoms with Crippen LogP contribution in [-0.2, 0) is 0 Å². The summed E-state index contributed by atoms with van der Waals surface area (Å²) < 4.78 is 11.2. The summed E-state index contributed by atoms with van der Waals surface area (Å²) in [6, 6.07) is 13.9. The van der Waals surface area contributed by atoms with Crippen LogP contribution in [0.3, 0.4) is 0 Å². The summed E-state index contributed by atoms with van der Waals surface area (Å²) in [7, 11) is 3.24. The zero-order valence-corrected chi connectivity index (χ0v) is 17.3. The van der Waals surface area contributed by atoms with Gasteiger partial charge in [-0.3, -0.25) is 4.79 Å². The molecule has 30 heavy (non-hydrogen) atoms. The molecule has 1 atom stereocenters. The molecule has 0 aliphatic carbocycles. The Morgan fingerprint density at radius 2 is 1.93 bits per heavy atom. The Balaban J connectivity index is 1.82. The number of benzene rings is 2.